The molecule has 28 heavy (non-hydrogen) atoms. The number of hydrogen-bond acceptors (Lipinski definition) is 5. The van der Waals surface area contributed by atoms with E-state index in [1.54, 1.807) is 18.2 Å². The van der Waals surface area contributed by atoms with Gasteiger partial charge in [-0.05, 0) is 30.3 Å². The first-order chi connectivity index (χ1) is 13.2. The standard InChI is InChI=1S/C18H18F2N2O5S/c1-26-15-6-4-13(9-16(15)27-2)22-10-12(8-18(22)23)21-28(24,25)17-7-11(19)3-5-14(17)20/h3-7,9,12,21H,8,10H2,1-2H3/t12-/m0/s1. The van der Waals surface area contributed by atoms with Crippen LogP contribution in [-0.4, -0.2) is 41.1 Å². The summed E-state index contributed by atoms with van der Waals surface area (Å²) in [6, 6.07) is 6.23. The zero-order valence-electron chi connectivity index (χ0n) is 15.1. The molecule has 1 fully saturated rings. The van der Waals surface area contributed by atoms with Crippen LogP contribution in [0.4, 0.5) is 14.5 Å². The van der Waals surface area contributed by atoms with Gasteiger partial charge in [-0.15, -0.1) is 0 Å². The summed E-state index contributed by atoms with van der Waals surface area (Å²) < 4.78 is 64.6. The van der Waals surface area contributed by atoms with E-state index in [-0.39, 0.29) is 18.9 Å². The van der Waals surface area contributed by atoms with E-state index in [0.717, 1.165) is 12.1 Å². The third kappa shape index (κ3) is 3.92. The maximum Gasteiger partial charge on any atom is 0.243 e. The highest BCUT2D eigenvalue weighted by molar-refractivity contribution is 7.89. The fourth-order valence-corrected chi connectivity index (χ4v) is 4.31. The number of ether oxygens (including phenoxy) is 2. The molecule has 0 aromatic heterocycles. The summed E-state index contributed by atoms with van der Waals surface area (Å²) in [5.41, 5.74) is 0.501. The maximum atomic E-state index is 13.8. The van der Waals surface area contributed by atoms with Gasteiger partial charge < -0.3 is 14.4 Å². The molecule has 7 nitrogen and oxygen atoms in total. The molecule has 1 aliphatic heterocycles. The molecule has 1 atom stereocenters. The second-order valence-electron chi connectivity index (χ2n) is 6.14. The van der Waals surface area contributed by atoms with Crippen LogP contribution in [0.1, 0.15) is 6.42 Å². The summed E-state index contributed by atoms with van der Waals surface area (Å²) in [5, 5.41) is 0. The van der Waals surface area contributed by atoms with E-state index in [2.05, 4.69) is 4.72 Å². The summed E-state index contributed by atoms with van der Waals surface area (Å²) in [7, 11) is -1.40. The number of rotatable bonds is 6. The number of carbonyl (C=O) groups excluding carboxylic acids is 1. The van der Waals surface area contributed by atoms with Gasteiger partial charge in [-0.2, -0.15) is 0 Å². The summed E-state index contributed by atoms with van der Waals surface area (Å²) in [6.07, 6.45) is -0.121. The normalized spacial score (nSPS) is 17.1. The minimum Gasteiger partial charge on any atom is -0.493 e. The van der Waals surface area contributed by atoms with Crippen LogP contribution >= 0.6 is 0 Å². The quantitative estimate of drug-likeness (QED) is 0.785. The Labute approximate surface area is 160 Å². The Hall–Kier alpha value is -2.72. The molecule has 150 valence electrons. The Morgan fingerprint density at radius 2 is 1.79 bits per heavy atom. The first-order valence-corrected chi connectivity index (χ1v) is 9.73. The fraction of sp³-hybridized carbons (Fsp3) is 0.278. The highest BCUT2D eigenvalue weighted by Crippen LogP contribution is 2.33. The third-order valence-corrected chi connectivity index (χ3v) is 5.84. The van der Waals surface area contributed by atoms with Crippen molar-refractivity contribution in [2.45, 2.75) is 17.4 Å². The molecule has 1 amide bonds. The Kier molecular flexibility index (Phi) is 5.52. The van der Waals surface area contributed by atoms with E-state index >= 15 is 0 Å². The van der Waals surface area contributed by atoms with Gasteiger partial charge in [0.05, 0.1) is 14.2 Å². The number of nitrogens with zero attached hydrogens (tertiary/aromatic N) is 1. The Morgan fingerprint density at radius 3 is 2.46 bits per heavy atom. The van der Waals surface area contributed by atoms with Gasteiger partial charge in [0.15, 0.2) is 11.5 Å². The zero-order chi connectivity index (χ0) is 20.5. The monoisotopic (exact) mass is 412 g/mol. The van der Waals surface area contributed by atoms with Crippen molar-refractivity contribution in [3.63, 3.8) is 0 Å². The number of anilines is 1. The van der Waals surface area contributed by atoms with Crippen molar-refractivity contribution in [2.24, 2.45) is 0 Å². The number of carbonyl (C=O) groups is 1. The number of sulfonamides is 1. The summed E-state index contributed by atoms with van der Waals surface area (Å²) >= 11 is 0. The summed E-state index contributed by atoms with van der Waals surface area (Å²) in [6.45, 7) is 0.0322. The lowest BCUT2D eigenvalue weighted by Crippen LogP contribution is -2.37. The molecule has 0 aliphatic carbocycles. The van der Waals surface area contributed by atoms with Crippen molar-refractivity contribution in [1.82, 2.24) is 4.72 Å². The molecule has 0 bridgehead atoms. The maximum absolute atomic E-state index is 13.8. The van der Waals surface area contributed by atoms with Gasteiger partial charge in [0.25, 0.3) is 0 Å². The Bertz CT molecular complexity index is 1010. The number of halogens is 2. The molecule has 3 rings (SSSR count). The number of amides is 1. The van der Waals surface area contributed by atoms with E-state index in [1.807, 2.05) is 0 Å². The van der Waals surface area contributed by atoms with Crippen LogP contribution in [-0.2, 0) is 14.8 Å². The molecule has 1 heterocycles. The van der Waals surface area contributed by atoms with E-state index in [1.165, 1.54) is 19.1 Å². The molecular formula is C18H18F2N2O5S. The van der Waals surface area contributed by atoms with Crippen LogP contribution in [0.15, 0.2) is 41.3 Å². The number of nitrogens with one attached hydrogen (secondary N) is 1. The fourth-order valence-electron chi connectivity index (χ4n) is 2.99. The van der Waals surface area contributed by atoms with Crippen molar-refractivity contribution >= 4 is 21.6 Å². The van der Waals surface area contributed by atoms with Gasteiger partial charge in [-0.25, -0.2) is 21.9 Å². The van der Waals surface area contributed by atoms with Crippen molar-refractivity contribution in [3.8, 4) is 11.5 Å². The Morgan fingerprint density at radius 1 is 1.07 bits per heavy atom. The molecule has 1 N–H and O–H groups in total. The predicted molar refractivity (Wildman–Crippen MR) is 97.0 cm³/mol. The minimum absolute atomic E-state index is 0.0322. The van der Waals surface area contributed by atoms with Gasteiger partial charge in [0.2, 0.25) is 15.9 Å². The second-order valence-corrected chi connectivity index (χ2v) is 7.82. The topological polar surface area (TPSA) is 84.9 Å². The lowest BCUT2D eigenvalue weighted by molar-refractivity contribution is -0.117. The van der Waals surface area contributed by atoms with Gasteiger partial charge >= 0.3 is 0 Å². The molecule has 1 aliphatic rings. The van der Waals surface area contributed by atoms with Gasteiger partial charge in [0.1, 0.15) is 16.5 Å². The first-order valence-electron chi connectivity index (χ1n) is 8.25. The molecule has 2 aromatic carbocycles. The van der Waals surface area contributed by atoms with Crippen molar-refractivity contribution in [3.05, 3.63) is 48.0 Å². The van der Waals surface area contributed by atoms with Crippen LogP contribution in [0.5, 0.6) is 11.5 Å². The van der Waals surface area contributed by atoms with Crippen molar-refractivity contribution in [2.75, 3.05) is 25.7 Å². The van der Waals surface area contributed by atoms with Gasteiger partial charge in [0, 0.05) is 30.8 Å². The minimum atomic E-state index is -4.34. The van der Waals surface area contributed by atoms with E-state index in [0.29, 0.717) is 23.3 Å². The average molecular weight is 412 g/mol. The largest absolute Gasteiger partial charge is 0.493 e. The summed E-state index contributed by atoms with van der Waals surface area (Å²) in [4.78, 5) is 13.0. The number of benzene rings is 2. The highest BCUT2D eigenvalue weighted by Gasteiger charge is 2.34. The van der Waals surface area contributed by atoms with Crippen LogP contribution in [0, 0.1) is 11.6 Å². The molecule has 0 spiro atoms. The number of hydrogen-bond donors (Lipinski definition) is 1. The van der Waals surface area contributed by atoms with Crippen molar-refractivity contribution < 1.29 is 31.5 Å². The molecule has 0 saturated carbocycles. The van der Waals surface area contributed by atoms with E-state index < -0.39 is 32.6 Å². The predicted octanol–water partition coefficient (Wildman–Crippen LogP) is 2.07. The molecule has 10 heteroatoms. The lowest BCUT2D eigenvalue weighted by Gasteiger charge is -2.19. The molecular weight excluding hydrogens is 394 g/mol. The van der Waals surface area contributed by atoms with Gasteiger partial charge in [-0.1, -0.05) is 0 Å². The second kappa shape index (κ2) is 7.72. The zero-order valence-corrected chi connectivity index (χ0v) is 15.9. The highest BCUT2D eigenvalue weighted by atomic mass is 32.2. The smallest absolute Gasteiger partial charge is 0.243 e. The van der Waals surface area contributed by atoms with Crippen LogP contribution in [0.2, 0.25) is 0 Å². The van der Waals surface area contributed by atoms with Crippen LogP contribution < -0.4 is 19.1 Å². The SMILES string of the molecule is COc1ccc(N2C[C@@H](NS(=O)(=O)c3cc(F)ccc3F)CC2=O)cc1OC. The molecule has 1 saturated heterocycles. The van der Waals surface area contributed by atoms with Crippen molar-refractivity contribution in [1.29, 1.82) is 0 Å². The molecule has 0 unspecified atom stereocenters. The van der Waals surface area contributed by atoms with Crippen LogP contribution in [0.25, 0.3) is 0 Å². The number of methoxy groups -OCH3 is 2. The molecule has 0 radical (unpaired) electrons. The van der Waals surface area contributed by atoms with E-state index in [9.17, 15) is 22.0 Å². The summed E-state index contributed by atoms with van der Waals surface area (Å²) in [5.74, 6) is -1.37. The van der Waals surface area contributed by atoms with Crippen LogP contribution in [0.3, 0.4) is 0 Å². The Balaban J connectivity index is 1.80. The van der Waals surface area contributed by atoms with E-state index in [4.69, 9.17) is 9.47 Å². The van der Waals surface area contributed by atoms with Gasteiger partial charge in [-0.3, -0.25) is 4.79 Å². The average Bonchev–Trinajstić information content (AvgIpc) is 3.02. The first kappa shape index (κ1) is 20.0. The molecule has 2 aromatic rings. The lowest BCUT2D eigenvalue weighted by atomic mass is 10.2. The third-order valence-electron chi connectivity index (χ3n) is 4.31.